The predicted molar refractivity (Wildman–Crippen MR) is 86.4 cm³/mol. The molecule has 0 aromatic heterocycles. The van der Waals surface area contributed by atoms with Crippen LogP contribution in [0.1, 0.15) is 24.0 Å². The summed E-state index contributed by atoms with van der Waals surface area (Å²) >= 11 is 0. The molecule has 0 radical (unpaired) electrons. The van der Waals surface area contributed by atoms with E-state index in [1.54, 1.807) is 0 Å². The van der Waals surface area contributed by atoms with Crippen molar-refractivity contribution in [3.05, 3.63) is 71.8 Å². The highest BCUT2D eigenvalue weighted by Crippen LogP contribution is 2.33. The lowest BCUT2D eigenvalue weighted by Gasteiger charge is -2.37. The summed E-state index contributed by atoms with van der Waals surface area (Å²) in [6.07, 6.45) is 2.54. The summed E-state index contributed by atoms with van der Waals surface area (Å²) < 4.78 is 0. The minimum Gasteiger partial charge on any atom is -0.395 e. The first-order valence-electron chi connectivity index (χ1n) is 7.79. The normalized spacial score (nSPS) is 16.2. The van der Waals surface area contributed by atoms with Crippen LogP contribution in [0.25, 0.3) is 0 Å². The topological polar surface area (TPSA) is 23.5 Å². The van der Waals surface area contributed by atoms with Crippen molar-refractivity contribution in [1.82, 2.24) is 4.90 Å². The molecule has 0 aliphatic carbocycles. The first-order chi connectivity index (χ1) is 10.3. The van der Waals surface area contributed by atoms with E-state index in [0.717, 1.165) is 19.6 Å². The second-order valence-electron chi connectivity index (χ2n) is 5.96. The number of hydrogen-bond acceptors (Lipinski definition) is 2. The van der Waals surface area contributed by atoms with Gasteiger partial charge in [0.2, 0.25) is 0 Å². The standard InChI is InChI=1S/C19H23NO/c21-16-19(15-20-13-7-8-14-20,17-9-3-1-4-10-17)18-11-5-2-6-12-18/h1-6,9-12,21H,7-8,13-16H2. The molecule has 0 unspecified atom stereocenters. The molecule has 1 saturated heterocycles. The number of nitrogens with zero attached hydrogens (tertiary/aromatic N) is 1. The Bertz CT molecular complexity index is 507. The third-order valence-corrected chi connectivity index (χ3v) is 4.61. The Balaban J connectivity index is 2.03. The van der Waals surface area contributed by atoms with E-state index in [-0.39, 0.29) is 12.0 Å². The summed E-state index contributed by atoms with van der Waals surface area (Å²) in [6, 6.07) is 20.9. The molecule has 1 N–H and O–H groups in total. The summed E-state index contributed by atoms with van der Waals surface area (Å²) in [5, 5.41) is 10.3. The number of rotatable bonds is 5. The largest absolute Gasteiger partial charge is 0.395 e. The average Bonchev–Trinajstić information content (AvgIpc) is 3.07. The third kappa shape index (κ3) is 2.87. The van der Waals surface area contributed by atoms with E-state index in [2.05, 4.69) is 53.4 Å². The molecule has 1 heterocycles. The quantitative estimate of drug-likeness (QED) is 0.910. The highest BCUT2D eigenvalue weighted by atomic mass is 16.3. The lowest BCUT2D eigenvalue weighted by atomic mass is 9.74. The van der Waals surface area contributed by atoms with Gasteiger partial charge in [-0.25, -0.2) is 0 Å². The van der Waals surface area contributed by atoms with Gasteiger partial charge in [-0.05, 0) is 37.1 Å². The fraction of sp³-hybridized carbons (Fsp3) is 0.368. The summed E-state index contributed by atoms with van der Waals surface area (Å²) in [4.78, 5) is 2.48. The van der Waals surface area contributed by atoms with Crippen LogP contribution in [0.4, 0.5) is 0 Å². The van der Waals surface area contributed by atoms with Crippen LogP contribution in [-0.4, -0.2) is 36.2 Å². The van der Waals surface area contributed by atoms with Gasteiger partial charge in [-0.2, -0.15) is 0 Å². The molecule has 2 aromatic rings. The fourth-order valence-corrected chi connectivity index (χ4v) is 3.42. The van der Waals surface area contributed by atoms with Crippen LogP contribution in [0.15, 0.2) is 60.7 Å². The van der Waals surface area contributed by atoms with Gasteiger partial charge in [0.05, 0.1) is 12.0 Å². The first-order valence-corrected chi connectivity index (χ1v) is 7.79. The van der Waals surface area contributed by atoms with Gasteiger partial charge >= 0.3 is 0 Å². The van der Waals surface area contributed by atoms with Crippen molar-refractivity contribution in [2.24, 2.45) is 0 Å². The van der Waals surface area contributed by atoms with Crippen LogP contribution < -0.4 is 0 Å². The van der Waals surface area contributed by atoms with E-state index in [1.165, 1.54) is 24.0 Å². The van der Waals surface area contributed by atoms with Crippen LogP contribution in [-0.2, 0) is 5.41 Å². The van der Waals surface area contributed by atoms with Crippen molar-refractivity contribution in [3.63, 3.8) is 0 Å². The Morgan fingerprint density at radius 1 is 0.810 bits per heavy atom. The fourth-order valence-electron chi connectivity index (χ4n) is 3.42. The van der Waals surface area contributed by atoms with Crippen LogP contribution in [0.3, 0.4) is 0 Å². The number of hydrogen-bond donors (Lipinski definition) is 1. The summed E-state index contributed by atoms with van der Waals surface area (Å²) in [6.45, 7) is 3.30. The Kier molecular flexibility index (Phi) is 4.37. The molecule has 0 saturated carbocycles. The monoisotopic (exact) mass is 281 g/mol. The lowest BCUT2D eigenvalue weighted by molar-refractivity contribution is 0.172. The maximum Gasteiger partial charge on any atom is 0.0581 e. The van der Waals surface area contributed by atoms with Crippen molar-refractivity contribution >= 4 is 0 Å². The zero-order valence-corrected chi connectivity index (χ0v) is 12.4. The van der Waals surface area contributed by atoms with Gasteiger partial charge in [-0.15, -0.1) is 0 Å². The van der Waals surface area contributed by atoms with Crippen molar-refractivity contribution in [1.29, 1.82) is 0 Å². The van der Waals surface area contributed by atoms with E-state index < -0.39 is 0 Å². The zero-order valence-electron chi connectivity index (χ0n) is 12.4. The second-order valence-corrected chi connectivity index (χ2v) is 5.96. The van der Waals surface area contributed by atoms with Gasteiger partial charge in [-0.3, -0.25) is 0 Å². The number of aliphatic hydroxyl groups excluding tert-OH is 1. The maximum atomic E-state index is 10.3. The molecular formula is C19H23NO. The molecule has 110 valence electrons. The minimum absolute atomic E-state index is 0.136. The molecule has 3 rings (SSSR count). The predicted octanol–water partition coefficient (Wildman–Crippen LogP) is 3.06. The Morgan fingerprint density at radius 3 is 1.71 bits per heavy atom. The molecule has 1 fully saturated rings. The van der Waals surface area contributed by atoms with E-state index in [0.29, 0.717) is 0 Å². The van der Waals surface area contributed by atoms with Gasteiger partial charge < -0.3 is 10.0 Å². The molecule has 0 amide bonds. The van der Waals surface area contributed by atoms with Crippen LogP contribution in [0.5, 0.6) is 0 Å². The highest BCUT2D eigenvalue weighted by Gasteiger charge is 2.36. The van der Waals surface area contributed by atoms with E-state index >= 15 is 0 Å². The van der Waals surface area contributed by atoms with Crippen molar-refractivity contribution in [2.75, 3.05) is 26.2 Å². The molecule has 2 nitrogen and oxygen atoms in total. The number of benzene rings is 2. The lowest BCUT2D eigenvalue weighted by Crippen LogP contribution is -2.43. The average molecular weight is 281 g/mol. The van der Waals surface area contributed by atoms with E-state index in [4.69, 9.17) is 0 Å². The number of likely N-dealkylation sites (tertiary alicyclic amines) is 1. The molecular weight excluding hydrogens is 258 g/mol. The van der Waals surface area contributed by atoms with E-state index in [9.17, 15) is 5.11 Å². The first kappa shape index (κ1) is 14.3. The smallest absolute Gasteiger partial charge is 0.0581 e. The molecule has 0 atom stereocenters. The Morgan fingerprint density at radius 2 is 1.29 bits per heavy atom. The third-order valence-electron chi connectivity index (χ3n) is 4.61. The molecule has 0 bridgehead atoms. The molecule has 2 heteroatoms. The van der Waals surface area contributed by atoms with Crippen molar-refractivity contribution < 1.29 is 5.11 Å². The van der Waals surface area contributed by atoms with Gasteiger partial charge in [0.25, 0.3) is 0 Å². The molecule has 21 heavy (non-hydrogen) atoms. The Labute approximate surface area is 127 Å². The highest BCUT2D eigenvalue weighted by molar-refractivity contribution is 5.40. The molecule has 1 aliphatic rings. The molecule has 2 aromatic carbocycles. The van der Waals surface area contributed by atoms with Crippen LogP contribution in [0.2, 0.25) is 0 Å². The van der Waals surface area contributed by atoms with Crippen LogP contribution >= 0.6 is 0 Å². The van der Waals surface area contributed by atoms with Gasteiger partial charge in [0.1, 0.15) is 0 Å². The van der Waals surface area contributed by atoms with Gasteiger partial charge in [0, 0.05) is 6.54 Å². The molecule has 0 spiro atoms. The second kappa shape index (κ2) is 6.42. The minimum atomic E-state index is -0.327. The van der Waals surface area contributed by atoms with Gasteiger partial charge in [-0.1, -0.05) is 60.7 Å². The molecule has 1 aliphatic heterocycles. The maximum absolute atomic E-state index is 10.3. The van der Waals surface area contributed by atoms with Crippen molar-refractivity contribution in [3.8, 4) is 0 Å². The summed E-state index contributed by atoms with van der Waals surface area (Å²) in [5.74, 6) is 0. The summed E-state index contributed by atoms with van der Waals surface area (Å²) in [7, 11) is 0. The van der Waals surface area contributed by atoms with Gasteiger partial charge in [0.15, 0.2) is 0 Å². The van der Waals surface area contributed by atoms with Crippen LogP contribution in [0, 0.1) is 0 Å². The Hall–Kier alpha value is -1.64. The summed E-state index contributed by atoms with van der Waals surface area (Å²) in [5.41, 5.74) is 2.07. The van der Waals surface area contributed by atoms with Crippen molar-refractivity contribution in [2.45, 2.75) is 18.3 Å². The zero-order chi connectivity index (χ0) is 14.5. The van der Waals surface area contributed by atoms with E-state index in [1.807, 2.05) is 12.1 Å². The SMILES string of the molecule is OCC(CN1CCCC1)(c1ccccc1)c1ccccc1. The number of aliphatic hydroxyl groups is 1.